The van der Waals surface area contributed by atoms with Crippen LogP contribution in [0, 0.1) is 6.57 Å². The van der Waals surface area contributed by atoms with Gasteiger partial charge in [-0.15, -0.1) is 9.42 Å². The summed E-state index contributed by atoms with van der Waals surface area (Å²) in [4.78, 5) is 66.0. The number of aliphatic hydroxyl groups is 1. The molecule has 1 amide bonds. The van der Waals surface area contributed by atoms with Crippen LogP contribution in [0.3, 0.4) is 0 Å². The third kappa shape index (κ3) is 12.9. The van der Waals surface area contributed by atoms with E-state index in [0.29, 0.717) is 58.6 Å². The van der Waals surface area contributed by atoms with Crippen LogP contribution in [0.2, 0.25) is 36.3 Å². The number of anilines is 1. The van der Waals surface area contributed by atoms with Crippen molar-refractivity contribution >= 4 is 83.3 Å². The van der Waals surface area contributed by atoms with Crippen molar-refractivity contribution in [1.29, 1.82) is 0 Å². The molecular weight excluding hydrogens is 1150 g/mol. The lowest BCUT2D eigenvalue weighted by atomic mass is 10.1. The van der Waals surface area contributed by atoms with Crippen LogP contribution in [0.15, 0.2) is 85.8 Å². The molecule has 2 fully saturated rings. The van der Waals surface area contributed by atoms with Gasteiger partial charge in [0.25, 0.3) is 5.91 Å². The van der Waals surface area contributed by atoms with Gasteiger partial charge in [-0.25, -0.2) is 36.3 Å². The van der Waals surface area contributed by atoms with Crippen LogP contribution in [0.4, 0.5) is 5.82 Å². The second kappa shape index (κ2) is 24.8. The van der Waals surface area contributed by atoms with Gasteiger partial charge in [-0.05, 0) is 90.7 Å². The molecule has 6 aromatic rings. The molecule has 0 bridgehead atoms. The molecule has 3 aliphatic rings. The summed E-state index contributed by atoms with van der Waals surface area (Å²) in [6.45, 7) is 23.0. The van der Waals surface area contributed by atoms with E-state index in [1.165, 1.54) is 19.0 Å². The van der Waals surface area contributed by atoms with Gasteiger partial charge in [-0.3, -0.25) is 18.8 Å². The number of aliphatic hydroxyl groups excluding tert-OH is 1. The first-order valence-corrected chi connectivity index (χ1v) is 36.5. The predicted molar refractivity (Wildman–Crippen MR) is 311 cm³/mol. The van der Waals surface area contributed by atoms with Gasteiger partial charge in [0.15, 0.2) is 40.8 Å². The maximum absolute atomic E-state index is 14.1. The Bertz CT molecular complexity index is 3380. The van der Waals surface area contributed by atoms with Gasteiger partial charge in [0.05, 0.1) is 30.5 Å². The van der Waals surface area contributed by atoms with E-state index in [-0.39, 0.29) is 41.4 Å². The molecule has 2 N–H and O–H groups in total. The summed E-state index contributed by atoms with van der Waals surface area (Å²) in [7, 11) is -8.82. The molecule has 82 heavy (non-hydrogen) atoms. The van der Waals surface area contributed by atoms with Gasteiger partial charge in [0.1, 0.15) is 79.1 Å². The van der Waals surface area contributed by atoms with Gasteiger partial charge in [0.2, 0.25) is 6.54 Å². The highest BCUT2D eigenvalue weighted by Crippen LogP contribution is 2.57. The standard InChI is InChI=1S/C54H69N9O14P2SSi2/c1-53(2,3)81(8,9)76-43-38(28-64)72-50(63-33-60-41-37(56-31-59-48(41)63)29-69-52(66)35-21-16-13-17-22-35)44(43)75-79(80,70-26-24-55-7)71-30-39-42(74-78(67)68)45(77-82(10,11)54(4,5)6)51(73-39)62-27-36-23-18-25-61(46-40(36)47(62)58-32-57-46)49(65)34-19-14-12-15-20-34/h12-17,19-22,27,31-33,38-39,42-45,50-51,64H,18,23-26,28-30H2,1-6,8-11H3/p+1/t38-,39-,42-,43-,44-,45-,50-,51-,79?/m1/s1. The molecule has 438 valence electrons. The minimum absolute atomic E-state index is 0.123. The highest BCUT2D eigenvalue weighted by atomic mass is 32.5. The largest absolute Gasteiger partial charge is 0.695 e. The van der Waals surface area contributed by atoms with Gasteiger partial charge >= 0.3 is 20.9 Å². The summed E-state index contributed by atoms with van der Waals surface area (Å²) >= 11 is 6.32. The van der Waals surface area contributed by atoms with Gasteiger partial charge in [-0.1, -0.05) is 77.9 Å². The quantitative estimate of drug-likeness (QED) is 0.0224. The minimum Gasteiger partial charge on any atom is -0.455 e. The third-order valence-electron chi connectivity index (χ3n) is 15.9. The lowest BCUT2D eigenvalue weighted by molar-refractivity contribution is -0.0573. The van der Waals surface area contributed by atoms with Crippen molar-refractivity contribution < 1.29 is 65.3 Å². The Morgan fingerprint density at radius 2 is 1.44 bits per heavy atom. The Morgan fingerprint density at radius 1 is 0.817 bits per heavy atom. The van der Waals surface area contributed by atoms with Crippen molar-refractivity contribution in [3.05, 3.63) is 120 Å². The molecule has 3 aliphatic heterocycles. The zero-order valence-electron chi connectivity index (χ0n) is 47.5. The van der Waals surface area contributed by atoms with E-state index in [9.17, 15) is 24.2 Å². The van der Waals surface area contributed by atoms with Gasteiger partial charge in [-0.2, -0.15) is 0 Å². The Balaban J connectivity index is 1.09. The first-order chi connectivity index (χ1) is 38.8. The van der Waals surface area contributed by atoms with Crippen molar-refractivity contribution in [2.45, 2.75) is 146 Å². The van der Waals surface area contributed by atoms with Crippen molar-refractivity contribution in [3.8, 4) is 0 Å². The van der Waals surface area contributed by atoms with E-state index in [4.69, 9.17) is 64.5 Å². The summed E-state index contributed by atoms with van der Waals surface area (Å²) in [5.41, 5.74) is 3.02. The Kier molecular flexibility index (Phi) is 18.6. The SMILES string of the molecule is [C-]#[N+]CCOP(=S)(OC[C@H]1O[C@@H](n2cc3c4c(ncnc42)N(C(=O)c2ccccc2)CCC3)[C@H](O[Si](C)(C)C(C)(C)C)[C@@H]1O[P+](=O)O)O[C@@H]1[C@H](O[Si](C)(C)C(C)(C)C)[C@@H](CO)O[C@H]1n1cnc2c(COC(=O)c3ccccc3)ncnc21. The predicted octanol–water partition coefficient (Wildman–Crippen LogP) is 9.39. The van der Waals surface area contributed by atoms with E-state index in [1.54, 1.807) is 56.5 Å². The zero-order valence-corrected chi connectivity index (χ0v) is 52.1. The fourth-order valence-corrected chi connectivity index (χ4v) is 14.7. The maximum atomic E-state index is 14.1. The maximum Gasteiger partial charge on any atom is 0.695 e. The first-order valence-electron chi connectivity index (χ1n) is 27.0. The van der Waals surface area contributed by atoms with Crippen molar-refractivity contribution in [2.75, 3.05) is 37.8 Å². The summed E-state index contributed by atoms with van der Waals surface area (Å²) in [6.07, 6.45) is -1.74. The average molecular weight is 1220 g/mol. The molecule has 0 spiro atoms. The number of benzene rings is 2. The molecule has 0 radical (unpaired) electrons. The second-order valence-electron chi connectivity index (χ2n) is 23.3. The number of carbonyl (C=O) groups is 2. The smallest absolute Gasteiger partial charge is 0.455 e. The number of aryl methyl sites for hydroxylation is 1. The first kappa shape index (κ1) is 61.4. The summed E-state index contributed by atoms with van der Waals surface area (Å²) < 4.78 is 76.0. The number of fused-ring (bicyclic) bond motifs is 1. The zero-order chi connectivity index (χ0) is 58.9. The number of esters is 1. The molecule has 0 aliphatic carbocycles. The average Bonchev–Trinajstić information content (AvgIpc) is 4.35. The van der Waals surface area contributed by atoms with Crippen LogP contribution in [-0.2, 0) is 70.6 Å². The van der Waals surface area contributed by atoms with E-state index in [1.807, 2.05) is 50.6 Å². The number of carbonyl (C=O) groups excluding carboxylic acids is 2. The molecule has 4 aromatic heterocycles. The number of imidazole rings is 1. The van der Waals surface area contributed by atoms with Crippen molar-refractivity contribution in [3.63, 3.8) is 0 Å². The highest BCUT2D eigenvalue weighted by molar-refractivity contribution is 8.07. The van der Waals surface area contributed by atoms with Crippen LogP contribution in [-0.4, -0.2) is 142 Å². The molecule has 9 rings (SSSR count). The monoisotopic (exact) mass is 1220 g/mol. The Hall–Kier alpha value is -5.18. The van der Waals surface area contributed by atoms with Crippen LogP contribution >= 0.6 is 15.0 Å². The van der Waals surface area contributed by atoms with Crippen LogP contribution in [0.5, 0.6) is 0 Å². The van der Waals surface area contributed by atoms with E-state index in [2.05, 4.69) is 66.3 Å². The normalized spacial score (nSPS) is 23.4. The van der Waals surface area contributed by atoms with E-state index >= 15 is 0 Å². The summed E-state index contributed by atoms with van der Waals surface area (Å²) in [5.74, 6) is -0.344. The lowest BCUT2D eigenvalue weighted by Gasteiger charge is -2.41. The molecule has 7 heterocycles. The number of aromatic nitrogens is 7. The number of nitrogens with zero attached hydrogens (tertiary/aromatic N) is 9. The number of hydrogen-bond donors (Lipinski definition) is 2. The minimum atomic E-state index is -4.14. The Morgan fingerprint density at radius 3 is 2.09 bits per heavy atom. The molecule has 2 unspecified atom stereocenters. The van der Waals surface area contributed by atoms with Crippen LogP contribution < -0.4 is 4.90 Å². The summed E-state index contributed by atoms with van der Waals surface area (Å²) in [5, 5.41) is 11.0. The number of ether oxygens (including phenoxy) is 3. The molecule has 28 heteroatoms. The Labute approximate surface area is 484 Å². The van der Waals surface area contributed by atoms with E-state index < -0.39 is 99.9 Å². The van der Waals surface area contributed by atoms with Crippen molar-refractivity contribution in [2.24, 2.45) is 0 Å². The molecule has 10 atom stereocenters. The molecule has 2 aromatic carbocycles. The fraction of sp³-hybridized carbons (Fsp3) is 0.519. The topological polar surface area (TPSA) is 257 Å². The molecule has 23 nitrogen and oxygen atoms in total. The molecular formula is C54H70N9O14P2SSi2+. The van der Waals surface area contributed by atoms with Crippen LogP contribution in [0.25, 0.3) is 27.0 Å². The second-order valence-corrected chi connectivity index (χ2v) is 36.5. The van der Waals surface area contributed by atoms with Crippen LogP contribution in [0.1, 0.15) is 92.4 Å². The highest BCUT2D eigenvalue weighted by Gasteiger charge is 2.57. The molecule has 0 saturated carbocycles. The van der Waals surface area contributed by atoms with E-state index in [0.717, 1.165) is 5.56 Å². The summed E-state index contributed by atoms with van der Waals surface area (Å²) in [6, 6.07) is 17.5. The van der Waals surface area contributed by atoms with Gasteiger partial charge < -0.3 is 46.6 Å². The molecule has 2 saturated heterocycles. The fourth-order valence-electron chi connectivity index (χ4n) is 9.58. The van der Waals surface area contributed by atoms with Crippen molar-refractivity contribution in [1.82, 2.24) is 34.1 Å². The number of hydrogen-bond acceptors (Lipinski definition) is 19. The number of rotatable bonds is 21. The lowest BCUT2D eigenvalue weighted by Crippen LogP contribution is -2.50. The number of amides is 1. The third-order valence-corrected chi connectivity index (χ3v) is 27.6. The van der Waals surface area contributed by atoms with Gasteiger partial charge in [0, 0.05) is 22.9 Å².